The van der Waals surface area contributed by atoms with Crippen LogP contribution in [0.5, 0.6) is 11.5 Å². The summed E-state index contributed by atoms with van der Waals surface area (Å²) in [5, 5.41) is 27.2. The number of Topliss-reactive ketones (excluding diaryl/α,β-unsaturated/α-hetero) is 1. The lowest BCUT2D eigenvalue weighted by molar-refractivity contribution is -0.138. The number of hydrogen-bond donors (Lipinski definition) is 3. The van der Waals surface area contributed by atoms with Gasteiger partial charge in [0, 0.05) is 35.2 Å². The number of benzene rings is 1. The zero-order valence-corrected chi connectivity index (χ0v) is 21.0. The summed E-state index contributed by atoms with van der Waals surface area (Å²) in [6, 6.07) is 3.38. The van der Waals surface area contributed by atoms with Crippen molar-refractivity contribution in [1.29, 1.82) is 0 Å². The quantitative estimate of drug-likeness (QED) is 0.262. The number of ketones is 1. The Balaban J connectivity index is 0.000000981. The van der Waals surface area contributed by atoms with Crippen molar-refractivity contribution in [3.8, 4) is 11.5 Å². The van der Waals surface area contributed by atoms with Gasteiger partial charge in [-0.05, 0) is 31.9 Å². The molecule has 0 spiro atoms. The monoisotopic (exact) mass is 502 g/mol. The summed E-state index contributed by atoms with van der Waals surface area (Å²) in [5.74, 6) is 0.707. The summed E-state index contributed by atoms with van der Waals surface area (Å²) >= 11 is 3.48. The highest BCUT2D eigenvalue weighted by molar-refractivity contribution is 8.03. The molecule has 0 radical (unpaired) electrons. The van der Waals surface area contributed by atoms with Crippen LogP contribution in [0.15, 0.2) is 12.1 Å². The maximum Gasteiger partial charge on any atom is 0.303 e. The van der Waals surface area contributed by atoms with E-state index < -0.39 is 11.9 Å². The lowest BCUT2D eigenvalue weighted by Gasteiger charge is -2.15. The first kappa shape index (κ1) is 29.1. The molecular formula is C23H34O8S2. The van der Waals surface area contributed by atoms with Crippen LogP contribution in [0.25, 0.3) is 0 Å². The van der Waals surface area contributed by atoms with Crippen LogP contribution in [0.3, 0.4) is 0 Å². The molecule has 33 heavy (non-hydrogen) atoms. The first-order valence-corrected chi connectivity index (χ1v) is 13.1. The lowest BCUT2D eigenvalue weighted by Crippen LogP contribution is -2.09. The second-order valence-corrected chi connectivity index (χ2v) is 9.98. The number of aromatic hydroxyl groups is 1. The van der Waals surface area contributed by atoms with Gasteiger partial charge in [0.2, 0.25) is 0 Å². The summed E-state index contributed by atoms with van der Waals surface area (Å²) in [5.41, 5.74) is 1.01. The smallest absolute Gasteiger partial charge is 0.303 e. The van der Waals surface area contributed by atoms with Crippen molar-refractivity contribution in [2.75, 3.05) is 24.7 Å². The molecule has 186 valence electrons. The molecule has 0 aromatic heterocycles. The van der Waals surface area contributed by atoms with Crippen LogP contribution in [-0.2, 0) is 20.7 Å². The lowest BCUT2D eigenvalue weighted by atomic mass is 10.0. The molecule has 1 saturated heterocycles. The van der Waals surface area contributed by atoms with Gasteiger partial charge in [0.05, 0.1) is 18.8 Å². The van der Waals surface area contributed by atoms with Crippen molar-refractivity contribution < 1.29 is 39.2 Å². The van der Waals surface area contributed by atoms with E-state index >= 15 is 0 Å². The molecule has 1 aliphatic rings. The molecule has 0 amide bonds. The Hall–Kier alpha value is -1.91. The minimum Gasteiger partial charge on any atom is -0.507 e. The normalized spacial score (nSPS) is 17.2. The fraction of sp³-hybridized carbons (Fsp3) is 0.609. The van der Waals surface area contributed by atoms with Crippen molar-refractivity contribution in [3.63, 3.8) is 0 Å². The van der Waals surface area contributed by atoms with Crippen LogP contribution in [-0.4, -0.2) is 68.4 Å². The molecule has 2 unspecified atom stereocenters. The highest BCUT2D eigenvalue weighted by Crippen LogP contribution is 2.34. The number of hydrogen-bond acceptors (Lipinski definition) is 8. The summed E-state index contributed by atoms with van der Waals surface area (Å²) in [7, 11) is 0. The van der Waals surface area contributed by atoms with Crippen LogP contribution in [0.1, 0.15) is 62.4 Å². The Morgan fingerprint density at radius 2 is 1.91 bits per heavy atom. The van der Waals surface area contributed by atoms with Gasteiger partial charge in [-0.3, -0.25) is 14.4 Å². The SMILES string of the molecule is CCC(=O)O.CCCc1c(OCCSCC2COC(CCC(=O)O)S2)ccc(C(C)=O)c1O. The topological polar surface area (TPSA) is 130 Å². The van der Waals surface area contributed by atoms with Crippen molar-refractivity contribution in [2.45, 2.75) is 63.6 Å². The molecule has 1 aromatic carbocycles. The summed E-state index contributed by atoms with van der Waals surface area (Å²) in [6.45, 7) is 6.23. The van der Waals surface area contributed by atoms with Gasteiger partial charge in [0.1, 0.15) is 16.9 Å². The van der Waals surface area contributed by atoms with Crippen molar-refractivity contribution >= 4 is 41.2 Å². The number of ether oxygens (including phenoxy) is 2. The Bertz CT molecular complexity index is 784. The first-order chi connectivity index (χ1) is 15.7. The molecule has 1 fully saturated rings. The fourth-order valence-corrected chi connectivity index (χ4v) is 5.27. The largest absolute Gasteiger partial charge is 0.507 e. The number of carbonyl (C=O) groups excluding carboxylic acids is 1. The standard InChI is InChI=1S/C20H28O6S2.C3H6O2/c1-3-4-16-17(6-5-15(13(2)21)20(16)24)25-9-10-27-12-14-11-26-19(28-14)8-7-18(22)23;1-2-3(4)5/h5-6,14,19,24H,3-4,7-12H2,1-2H3,(H,22,23);2H2,1H3,(H,4,5). The van der Waals surface area contributed by atoms with Crippen LogP contribution in [0, 0.1) is 0 Å². The van der Waals surface area contributed by atoms with E-state index in [9.17, 15) is 19.5 Å². The van der Waals surface area contributed by atoms with Gasteiger partial charge in [-0.1, -0.05) is 20.3 Å². The van der Waals surface area contributed by atoms with Gasteiger partial charge in [-0.25, -0.2) is 0 Å². The molecule has 1 heterocycles. The predicted molar refractivity (Wildman–Crippen MR) is 131 cm³/mol. The molecule has 8 nitrogen and oxygen atoms in total. The number of rotatable bonds is 13. The third kappa shape index (κ3) is 11.2. The van der Waals surface area contributed by atoms with E-state index in [0.29, 0.717) is 48.2 Å². The minimum absolute atomic E-state index is 0.0164. The molecule has 0 saturated carbocycles. The number of carboxylic acid groups (broad SMARTS) is 2. The third-order valence-corrected chi connectivity index (χ3v) is 7.28. The van der Waals surface area contributed by atoms with E-state index in [1.807, 2.05) is 6.92 Å². The van der Waals surface area contributed by atoms with Crippen molar-refractivity contribution in [1.82, 2.24) is 0 Å². The van der Waals surface area contributed by atoms with E-state index in [4.69, 9.17) is 19.7 Å². The van der Waals surface area contributed by atoms with Gasteiger partial charge < -0.3 is 24.8 Å². The zero-order chi connectivity index (χ0) is 24.8. The molecule has 3 N–H and O–H groups in total. The Labute approximate surface area is 203 Å². The van der Waals surface area contributed by atoms with E-state index in [0.717, 1.165) is 17.9 Å². The second kappa shape index (κ2) is 15.8. The van der Waals surface area contributed by atoms with Crippen molar-refractivity contribution in [3.05, 3.63) is 23.3 Å². The second-order valence-electron chi connectivity index (χ2n) is 7.37. The molecule has 0 aliphatic carbocycles. The number of thioether (sulfide) groups is 2. The van der Waals surface area contributed by atoms with E-state index in [1.165, 1.54) is 6.92 Å². The predicted octanol–water partition coefficient (Wildman–Crippen LogP) is 4.46. The number of phenols is 1. The average Bonchev–Trinajstić information content (AvgIpc) is 3.22. The Kier molecular flexibility index (Phi) is 14.0. The van der Waals surface area contributed by atoms with E-state index in [1.54, 1.807) is 42.6 Å². The first-order valence-electron chi connectivity index (χ1n) is 11.0. The maximum absolute atomic E-state index is 11.6. The maximum atomic E-state index is 11.6. The molecule has 0 bridgehead atoms. The summed E-state index contributed by atoms with van der Waals surface area (Å²) in [6.07, 6.45) is 2.41. The van der Waals surface area contributed by atoms with Gasteiger partial charge in [-0.15, -0.1) is 11.8 Å². The fourth-order valence-electron chi connectivity index (χ4n) is 2.94. The average molecular weight is 503 g/mol. The number of aliphatic carboxylic acids is 2. The van der Waals surface area contributed by atoms with Crippen LogP contribution in [0.2, 0.25) is 0 Å². The van der Waals surface area contributed by atoms with Crippen LogP contribution >= 0.6 is 23.5 Å². The molecule has 10 heteroatoms. The molecule has 2 atom stereocenters. The zero-order valence-electron chi connectivity index (χ0n) is 19.4. The van der Waals surface area contributed by atoms with Gasteiger partial charge in [-0.2, -0.15) is 11.8 Å². The number of phenolic OH excluding ortho intramolecular Hbond substituents is 1. The van der Waals surface area contributed by atoms with Crippen LogP contribution < -0.4 is 4.74 Å². The number of carbonyl (C=O) groups is 3. The molecule has 1 aliphatic heterocycles. The molecular weight excluding hydrogens is 468 g/mol. The highest BCUT2D eigenvalue weighted by Gasteiger charge is 2.26. The summed E-state index contributed by atoms with van der Waals surface area (Å²) < 4.78 is 11.5. The van der Waals surface area contributed by atoms with Crippen LogP contribution in [0.4, 0.5) is 0 Å². The third-order valence-electron chi connectivity index (χ3n) is 4.62. The highest BCUT2D eigenvalue weighted by atomic mass is 32.2. The van der Waals surface area contributed by atoms with E-state index in [2.05, 4.69) is 0 Å². The minimum atomic E-state index is -0.788. The Morgan fingerprint density at radius 3 is 2.48 bits per heavy atom. The number of carboxylic acids is 2. The summed E-state index contributed by atoms with van der Waals surface area (Å²) in [4.78, 5) is 31.6. The van der Waals surface area contributed by atoms with Gasteiger partial charge >= 0.3 is 11.9 Å². The van der Waals surface area contributed by atoms with Gasteiger partial charge in [0.15, 0.2) is 5.78 Å². The van der Waals surface area contributed by atoms with Gasteiger partial charge in [0.25, 0.3) is 0 Å². The molecule has 1 aromatic rings. The Morgan fingerprint density at radius 1 is 1.21 bits per heavy atom. The van der Waals surface area contributed by atoms with E-state index in [-0.39, 0.29) is 29.8 Å². The van der Waals surface area contributed by atoms with Crippen molar-refractivity contribution in [2.24, 2.45) is 0 Å². The molecule has 2 rings (SSSR count).